The predicted octanol–water partition coefficient (Wildman–Crippen LogP) is 1.80. The number of hydrogen-bond donors (Lipinski definition) is 3. The van der Waals surface area contributed by atoms with Gasteiger partial charge >= 0.3 is 0 Å². The summed E-state index contributed by atoms with van der Waals surface area (Å²) < 4.78 is 0. The van der Waals surface area contributed by atoms with Gasteiger partial charge in [0.25, 0.3) is 0 Å². The molecule has 3 aliphatic rings. The number of nitrogens with one attached hydrogen (secondary N) is 2. The number of hydrogen-bond acceptors (Lipinski definition) is 8. The first kappa shape index (κ1) is 17.1. The average molecular weight is 392 g/mol. The van der Waals surface area contributed by atoms with Crippen LogP contribution < -0.4 is 10.2 Å². The Kier molecular flexibility index (Phi) is 3.75. The molecular formula is C20H24N8O. The van der Waals surface area contributed by atoms with Gasteiger partial charge in [-0.3, -0.25) is 15.0 Å². The predicted molar refractivity (Wildman–Crippen MR) is 109 cm³/mol. The van der Waals surface area contributed by atoms with Gasteiger partial charge < -0.3 is 15.3 Å². The van der Waals surface area contributed by atoms with Crippen molar-refractivity contribution in [2.24, 2.45) is 0 Å². The Hall–Kier alpha value is -2.78. The molecule has 3 aromatic rings. The third kappa shape index (κ3) is 2.68. The van der Waals surface area contributed by atoms with Crippen LogP contribution in [0.15, 0.2) is 24.5 Å². The van der Waals surface area contributed by atoms with Gasteiger partial charge in [0.15, 0.2) is 11.6 Å². The maximum Gasteiger partial charge on any atom is 0.159 e. The maximum atomic E-state index is 9.25. The molecule has 0 aliphatic carbocycles. The largest absolute Gasteiger partial charge is 0.390 e. The summed E-state index contributed by atoms with van der Waals surface area (Å²) in [5.41, 5.74) is 2.27. The molecule has 0 spiro atoms. The lowest BCUT2D eigenvalue weighted by molar-refractivity contribution is -0.148. The van der Waals surface area contributed by atoms with E-state index in [9.17, 15) is 5.11 Å². The van der Waals surface area contributed by atoms with Crippen LogP contribution in [-0.2, 0) is 6.61 Å². The van der Waals surface area contributed by atoms with E-state index in [0.717, 1.165) is 35.0 Å². The molecular weight excluding hydrogens is 368 g/mol. The quantitative estimate of drug-likeness (QED) is 0.604. The van der Waals surface area contributed by atoms with Gasteiger partial charge in [0, 0.05) is 55.7 Å². The van der Waals surface area contributed by atoms with Crippen LogP contribution in [0.4, 0.5) is 17.5 Å². The Labute approximate surface area is 168 Å². The number of aromatic amines is 1. The third-order valence-electron chi connectivity index (χ3n) is 6.82. The van der Waals surface area contributed by atoms with Crippen LogP contribution in [0.5, 0.6) is 0 Å². The number of piperidine rings is 2. The van der Waals surface area contributed by atoms with Gasteiger partial charge in [-0.1, -0.05) is 0 Å². The van der Waals surface area contributed by atoms with E-state index in [0.29, 0.717) is 23.4 Å². The maximum absolute atomic E-state index is 9.25. The van der Waals surface area contributed by atoms with Gasteiger partial charge in [-0.2, -0.15) is 5.10 Å². The van der Waals surface area contributed by atoms with E-state index < -0.39 is 0 Å². The zero-order valence-electron chi connectivity index (χ0n) is 16.3. The number of anilines is 3. The molecule has 0 aromatic carbocycles. The molecule has 0 saturated carbocycles. The molecule has 4 atom stereocenters. The van der Waals surface area contributed by atoms with Crippen LogP contribution >= 0.6 is 0 Å². The summed E-state index contributed by atoms with van der Waals surface area (Å²) in [6.45, 7) is -0.0822. The van der Waals surface area contributed by atoms with Crippen LogP contribution in [0.3, 0.4) is 0 Å². The standard InChI is InChI=1S/C20H24N8O/c1-27(12-5-13-7-15-8-14(6-12)28(13)15)20-19-16(21-2-3-22-19)9-17(24-20)23-18-4-11(10-29)25-26-18/h2-4,9,12-15,29H,5-8,10H2,1H3,(H2,23,24,25,26)/t12-,13+,14-,15?. The minimum atomic E-state index is -0.0822. The van der Waals surface area contributed by atoms with Gasteiger partial charge in [-0.15, -0.1) is 0 Å². The number of aliphatic hydroxyl groups excluding tert-OH is 1. The van der Waals surface area contributed by atoms with Crippen molar-refractivity contribution >= 4 is 28.5 Å². The summed E-state index contributed by atoms with van der Waals surface area (Å²) in [5.74, 6) is 2.13. The monoisotopic (exact) mass is 392 g/mol. The van der Waals surface area contributed by atoms with E-state index in [-0.39, 0.29) is 6.61 Å². The Morgan fingerprint density at radius 2 is 1.86 bits per heavy atom. The van der Waals surface area contributed by atoms with Crippen LogP contribution in [0.2, 0.25) is 0 Å². The van der Waals surface area contributed by atoms with Gasteiger partial charge in [-0.05, 0) is 25.7 Å². The fourth-order valence-corrected chi connectivity index (χ4v) is 5.38. The Balaban J connectivity index is 1.33. The molecule has 3 saturated heterocycles. The minimum absolute atomic E-state index is 0.0822. The lowest BCUT2D eigenvalue weighted by Gasteiger charge is -2.66. The molecule has 3 N–H and O–H groups in total. The van der Waals surface area contributed by atoms with E-state index >= 15 is 0 Å². The van der Waals surface area contributed by atoms with E-state index in [4.69, 9.17) is 4.98 Å². The number of fused-ring (bicyclic) bond motifs is 1. The van der Waals surface area contributed by atoms with E-state index in [2.05, 4.69) is 42.3 Å². The highest BCUT2D eigenvalue weighted by atomic mass is 16.3. The van der Waals surface area contributed by atoms with E-state index in [1.165, 1.54) is 25.7 Å². The summed E-state index contributed by atoms with van der Waals surface area (Å²) in [6, 6.07) is 6.45. The van der Waals surface area contributed by atoms with Crippen molar-refractivity contribution in [2.75, 3.05) is 17.3 Å². The third-order valence-corrected chi connectivity index (χ3v) is 6.82. The van der Waals surface area contributed by atoms with Crippen LogP contribution in [0, 0.1) is 0 Å². The number of aliphatic hydroxyl groups is 1. The van der Waals surface area contributed by atoms with Crippen molar-refractivity contribution in [3.63, 3.8) is 0 Å². The van der Waals surface area contributed by atoms with Gasteiger partial charge in [0.2, 0.25) is 0 Å². The first-order valence-corrected chi connectivity index (χ1v) is 10.2. The molecule has 9 heteroatoms. The second-order valence-corrected chi connectivity index (χ2v) is 8.43. The first-order valence-electron chi connectivity index (χ1n) is 10.2. The van der Waals surface area contributed by atoms with Crippen molar-refractivity contribution in [1.29, 1.82) is 0 Å². The number of aromatic nitrogens is 5. The lowest BCUT2D eigenvalue weighted by atomic mass is 9.68. The molecule has 3 fully saturated rings. The zero-order valence-corrected chi connectivity index (χ0v) is 16.3. The van der Waals surface area contributed by atoms with Crippen molar-refractivity contribution in [2.45, 2.75) is 56.5 Å². The number of rotatable bonds is 5. The summed E-state index contributed by atoms with van der Waals surface area (Å²) in [4.78, 5) is 19.0. The number of H-pyrrole nitrogens is 1. The normalized spacial score (nSPS) is 27.8. The minimum Gasteiger partial charge on any atom is -0.390 e. The second-order valence-electron chi connectivity index (χ2n) is 8.43. The highest BCUT2D eigenvalue weighted by Gasteiger charge is 2.55. The summed E-state index contributed by atoms with van der Waals surface area (Å²) in [7, 11) is 2.13. The van der Waals surface area contributed by atoms with Crippen LogP contribution in [-0.4, -0.2) is 66.4 Å². The zero-order chi connectivity index (χ0) is 19.5. The second kappa shape index (κ2) is 6.36. The van der Waals surface area contributed by atoms with E-state index in [1.807, 2.05) is 6.07 Å². The Morgan fingerprint density at radius 1 is 1.10 bits per heavy atom. The van der Waals surface area contributed by atoms with E-state index in [1.54, 1.807) is 18.5 Å². The van der Waals surface area contributed by atoms with Crippen molar-refractivity contribution in [3.8, 4) is 0 Å². The van der Waals surface area contributed by atoms with Crippen LogP contribution in [0.25, 0.3) is 11.0 Å². The SMILES string of the molecule is CN(c1nc(Nc2cc(CO)[nH]n2)cc2nccnc12)[C@@H]1C[C@H]2CC3C[C@@H](C1)N32. The van der Waals surface area contributed by atoms with Crippen molar-refractivity contribution in [3.05, 3.63) is 30.2 Å². The lowest BCUT2D eigenvalue weighted by Crippen LogP contribution is -2.74. The molecule has 0 bridgehead atoms. The molecule has 0 radical (unpaired) electrons. The molecule has 3 aromatic heterocycles. The van der Waals surface area contributed by atoms with Crippen molar-refractivity contribution < 1.29 is 5.11 Å². The van der Waals surface area contributed by atoms with Crippen molar-refractivity contribution in [1.82, 2.24) is 30.0 Å². The summed E-state index contributed by atoms with van der Waals surface area (Å²) >= 11 is 0. The molecule has 3 aliphatic heterocycles. The first-order chi connectivity index (χ1) is 14.2. The summed E-state index contributed by atoms with van der Waals surface area (Å²) in [5, 5.41) is 19.4. The number of pyridine rings is 1. The summed E-state index contributed by atoms with van der Waals surface area (Å²) in [6.07, 6.45) is 8.50. The van der Waals surface area contributed by atoms with Gasteiger partial charge in [0.1, 0.15) is 11.3 Å². The molecule has 1 unspecified atom stereocenters. The fraction of sp³-hybridized carbons (Fsp3) is 0.500. The molecule has 6 heterocycles. The molecule has 6 rings (SSSR count). The van der Waals surface area contributed by atoms with Gasteiger partial charge in [0.05, 0.1) is 17.8 Å². The smallest absolute Gasteiger partial charge is 0.159 e. The molecule has 29 heavy (non-hydrogen) atoms. The topological polar surface area (TPSA) is 106 Å². The molecule has 9 nitrogen and oxygen atoms in total. The molecule has 0 amide bonds. The highest BCUT2D eigenvalue weighted by molar-refractivity contribution is 5.88. The molecule has 150 valence electrons. The van der Waals surface area contributed by atoms with Crippen LogP contribution in [0.1, 0.15) is 31.4 Å². The number of nitrogens with zero attached hydrogens (tertiary/aromatic N) is 6. The van der Waals surface area contributed by atoms with Gasteiger partial charge in [-0.25, -0.2) is 9.97 Å². The average Bonchev–Trinajstić information content (AvgIpc) is 3.15. The fourth-order valence-electron chi connectivity index (χ4n) is 5.38. The Bertz CT molecular complexity index is 1050. The Morgan fingerprint density at radius 3 is 2.59 bits per heavy atom. The highest BCUT2D eigenvalue weighted by Crippen LogP contribution is 2.49.